The molecule has 0 aliphatic carbocycles. The summed E-state index contributed by atoms with van der Waals surface area (Å²) in [6.45, 7) is 2.29. The molecule has 4 N–H and O–H groups in total. The van der Waals surface area contributed by atoms with Gasteiger partial charge in [0.05, 0.1) is 17.7 Å². The molecule has 0 aliphatic rings. The van der Waals surface area contributed by atoms with Gasteiger partial charge in [0.25, 0.3) is 0 Å². The van der Waals surface area contributed by atoms with Gasteiger partial charge >= 0.3 is 0 Å². The molecule has 0 fully saturated rings. The van der Waals surface area contributed by atoms with Crippen LogP contribution in [-0.2, 0) is 16.6 Å². The summed E-state index contributed by atoms with van der Waals surface area (Å²) in [4.78, 5) is -0.130. The SMILES string of the molecule is Cc1cc(Cl)cc2c(N=NC(=S)Nc3ccccc3S(N)(=O)=O)c(O)n(Cc3cccc4ccccc34)c12. The second-order valence-corrected chi connectivity index (χ2v) is 11.0. The third-order valence-electron chi connectivity index (χ3n) is 6.14. The highest BCUT2D eigenvalue weighted by atomic mass is 35.5. The number of benzene rings is 4. The van der Waals surface area contributed by atoms with Crippen LogP contribution in [0.15, 0.2) is 94.0 Å². The topological polar surface area (TPSA) is 122 Å². The maximum Gasteiger partial charge on any atom is 0.240 e. The number of sulfonamides is 1. The molecule has 0 saturated carbocycles. The number of aromatic hydroxyl groups is 1. The van der Waals surface area contributed by atoms with Crippen molar-refractivity contribution in [1.82, 2.24) is 4.57 Å². The number of aromatic nitrogens is 1. The number of nitrogens with two attached hydrogens (primary N) is 1. The van der Waals surface area contributed by atoms with Gasteiger partial charge in [-0.25, -0.2) is 13.6 Å². The highest BCUT2D eigenvalue weighted by Gasteiger charge is 2.20. The summed E-state index contributed by atoms with van der Waals surface area (Å²) in [5.74, 6) is -0.102. The molecule has 5 aromatic rings. The summed E-state index contributed by atoms with van der Waals surface area (Å²) in [6.07, 6.45) is 0. The van der Waals surface area contributed by atoms with E-state index in [1.807, 2.05) is 55.5 Å². The van der Waals surface area contributed by atoms with E-state index in [0.717, 1.165) is 27.4 Å². The van der Waals surface area contributed by atoms with E-state index in [4.69, 9.17) is 29.0 Å². The molecule has 1 heterocycles. The van der Waals surface area contributed by atoms with Gasteiger partial charge in [-0.2, -0.15) is 0 Å². The molecule has 4 aromatic carbocycles. The van der Waals surface area contributed by atoms with Crippen LogP contribution in [0.2, 0.25) is 5.02 Å². The fourth-order valence-electron chi connectivity index (χ4n) is 4.54. The van der Waals surface area contributed by atoms with Crippen LogP contribution in [0.3, 0.4) is 0 Å². The molecule has 0 saturated heterocycles. The lowest BCUT2D eigenvalue weighted by atomic mass is 10.0. The summed E-state index contributed by atoms with van der Waals surface area (Å²) in [6, 6.07) is 23.7. The maximum absolute atomic E-state index is 11.9. The number of rotatable bonds is 5. The van der Waals surface area contributed by atoms with Crippen LogP contribution in [-0.4, -0.2) is 23.2 Å². The average molecular weight is 564 g/mol. The van der Waals surface area contributed by atoms with Crippen molar-refractivity contribution in [3.63, 3.8) is 0 Å². The predicted molar refractivity (Wildman–Crippen MR) is 155 cm³/mol. The van der Waals surface area contributed by atoms with Crippen molar-refractivity contribution in [3.8, 4) is 5.88 Å². The number of primary sulfonamides is 1. The number of hydrogen-bond donors (Lipinski definition) is 3. The highest BCUT2D eigenvalue weighted by molar-refractivity contribution is 7.89. The number of thiocarbonyl (C=S) groups is 1. The van der Waals surface area contributed by atoms with Crippen LogP contribution in [0.1, 0.15) is 11.1 Å². The zero-order chi connectivity index (χ0) is 27.0. The van der Waals surface area contributed by atoms with Crippen LogP contribution in [0.4, 0.5) is 11.4 Å². The number of para-hydroxylation sites is 1. The van der Waals surface area contributed by atoms with Gasteiger partial charge in [0.15, 0.2) is 5.69 Å². The molecular weight excluding hydrogens is 542 g/mol. The zero-order valence-corrected chi connectivity index (χ0v) is 22.5. The molecule has 0 radical (unpaired) electrons. The minimum atomic E-state index is -3.99. The first-order valence-electron chi connectivity index (χ1n) is 11.5. The largest absolute Gasteiger partial charge is 0.493 e. The van der Waals surface area contributed by atoms with E-state index < -0.39 is 10.0 Å². The smallest absolute Gasteiger partial charge is 0.240 e. The van der Waals surface area contributed by atoms with E-state index in [9.17, 15) is 13.5 Å². The molecule has 0 atom stereocenters. The summed E-state index contributed by atoms with van der Waals surface area (Å²) in [5.41, 5.74) is 2.99. The van der Waals surface area contributed by atoms with Gasteiger partial charge in [0.2, 0.25) is 21.0 Å². The minimum absolute atomic E-state index is 0.102. The summed E-state index contributed by atoms with van der Waals surface area (Å²) in [5, 5.41) is 30.8. The van der Waals surface area contributed by atoms with Crippen molar-refractivity contribution in [1.29, 1.82) is 0 Å². The summed E-state index contributed by atoms with van der Waals surface area (Å²) < 4.78 is 25.6. The Balaban J connectivity index is 1.56. The van der Waals surface area contributed by atoms with Crippen molar-refractivity contribution in [2.45, 2.75) is 18.4 Å². The fourth-order valence-corrected chi connectivity index (χ4v) is 5.65. The number of hydrogen-bond acceptors (Lipinski definition) is 5. The molecule has 0 amide bonds. The zero-order valence-electron chi connectivity index (χ0n) is 20.1. The van der Waals surface area contributed by atoms with Crippen LogP contribution >= 0.6 is 23.8 Å². The molecule has 38 heavy (non-hydrogen) atoms. The Morgan fingerprint density at radius 3 is 2.55 bits per heavy atom. The molecule has 11 heteroatoms. The van der Waals surface area contributed by atoms with Gasteiger partial charge in [0, 0.05) is 10.4 Å². The highest BCUT2D eigenvalue weighted by Crippen LogP contribution is 2.42. The number of halogens is 1. The predicted octanol–water partition coefficient (Wildman–Crippen LogP) is 6.64. The lowest BCUT2D eigenvalue weighted by Crippen LogP contribution is -2.16. The van der Waals surface area contributed by atoms with Gasteiger partial charge < -0.3 is 15.0 Å². The van der Waals surface area contributed by atoms with E-state index in [1.165, 1.54) is 12.1 Å². The van der Waals surface area contributed by atoms with E-state index in [1.54, 1.807) is 22.8 Å². The molecule has 0 unspecified atom stereocenters. The van der Waals surface area contributed by atoms with Crippen LogP contribution in [0.5, 0.6) is 5.88 Å². The quantitative estimate of drug-likeness (QED) is 0.163. The molecule has 0 bridgehead atoms. The lowest BCUT2D eigenvalue weighted by Gasteiger charge is -2.11. The normalized spacial score (nSPS) is 12.0. The van der Waals surface area contributed by atoms with Crippen LogP contribution in [0, 0.1) is 6.92 Å². The Bertz CT molecular complexity index is 1860. The Morgan fingerprint density at radius 1 is 1.05 bits per heavy atom. The van der Waals surface area contributed by atoms with E-state index in [0.29, 0.717) is 17.0 Å². The van der Waals surface area contributed by atoms with Gasteiger partial charge in [0.1, 0.15) is 4.90 Å². The number of fused-ring (bicyclic) bond motifs is 2. The monoisotopic (exact) mass is 563 g/mol. The van der Waals surface area contributed by atoms with Crippen molar-refractivity contribution in [2.24, 2.45) is 15.4 Å². The van der Waals surface area contributed by atoms with Crippen LogP contribution in [0.25, 0.3) is 21.7 Å². The number of nitrogens with one attached hydrogen (secondary N) is 1. The second-order valence-electron chi connectivity index (χ2n) is 8.69. The summed E-state index contributed by atoms with van der Waals surface area (Å²) >= 11 is 11.6. The first-order valence-corrected chi connectivity index (χ1v) is 13.8. The molecule has 1 aromatic heterocycles. The third kappa shape index (κ3) is 4.99. The van der Waals surface area contributed by atoms with Crippen molar-refractivity contribution >= 4 is 72.0 Å². The third-order valence-corrected chi connectivity index (χ3v) is 7.51. The number of azo groups is 1. The second kappa shape index (κ2) is 10.1. The number of aryl methyl sites for hydroxylation is 1. The molecule has 0 aliphatic heterocycles. The van der Waals surface area contributed by atoms with E-state index in [-0.39, 0.29) is 27.3 Å². The minimum Gasteiger partial charge on any atom is -0.493 e. The summed E-state index contributed by atoms with van der Waals surface area (Å²) in [7, 11) is -3.99. The fraction of sp³-hybridized carbons (Fsp3) is 0.0741. The van der Waals surface area contributed by atoms with Gasteiger partial charge in [-0.05, 0) is 65.3 Å². The number of anilines is 1. The molecule has 0 spiro atoms. The molecule has 192 valence electrons. The first kappa shape index (κ1) is 25.8. The molecule has 5 rings (SSSR count). The van der Waals surface area contributed by atoms with Crippen molar-refractivity contribution in [2.75, 3.05) is 5.32 Å². The average Bonchev–Trinajstić information content (AvgIpc) is 3.13. The van der Waals surface area contributed by atoms with Crippen molar-refractivity contribution in [3.05, 3.63) is 95.0 Å². The Labute approximate surface area is 229 Å². The Hall–Kier alpha value is -3.83. The number of nitrogens with zero attached hydrogens (tertiary/aromatic N) is 3. The lowest BCUT2D eigenvalue weighted by molar-refractivity contribution is 0.430. The molecule has 8 nitrogen and oxygen atoms in total. The standard InChI is InChI=1S/C27H22ClN5O3S2/c1-16-13-19(28)14-21-24(31-32-27(37)30-22-11-4-5-12-23(22)38(29,35)36)26(34)33(25(16)21)15-18-9-6-8-17-7-2-3-10-20(17)18/h2-14,34H,15H2,1H3,(H,30,37)(H2,29,35,36). The van der Waals surface area contributed by atoms with E-state index in [2.05, 4.69) is 15.5 Å². The van der Waals surface area contributed by atoms with Gasteiger partial charge in [-0.15, -0.1) is 10.2 Å². The van der Waals surface area contributed by atoms with Gasteiger partial charge in [-0.1, -0.05) is 66.2 Å². The Morgan fingerprint density at radius 2 is 1.76 bits per heavy atom. The van der Waals surface area contributed by atoms with Crippen molar-refractivity contribution < 1.29 is 13.5 Å². The van der Waals surface area contributed by atoms with E-state index >= 15 is 0 Å². The Kier molecular flexibility index (Phi) is 6.89. The molecular formula is C27H22ClN5O3S2. The van der Waals surface area contributed by atoms with Crippen LogP contribution < -0.4 is 10.5 Å². The first-order chi connectivity index (χ1) is 18.1. The van der Waals surface area contributed by atoms with Gasteiger partial charge in [-0.3, -0.25) is 0 Å². The maximum atomic E-state index is 11.9.